The lowest BCUT2D eigenvalue weighted by molar-refractivity contribution is -0.384. The van der Waals surface area contributed by atoms with Crippen LogP contribution in [0.15, 0.2) is 24.3 Å². The van der Waals surface area contributed by atoms with Gasteiger partial charge in [0, 0.05) is 22.6 Å². The van der Waals surface area contributed by atoms with E-state index in [1.807, 2.05) is 0 Å². The maximum atomic E-state index is 12.7. The molecule has 1 aliphatic rings. The quantitative estimate of drug-likeness (QED) is 0.535. The zero-order valence-electron chi connectivity index (χ0n) is 11.3. The summed E-state index contributed by atoms with van der Waals surface area (Å²) in [5, 5.41) is 11.4. The van der Waals surface area contributed by atoms with Crippen molar-refractivity contribution in [1.29, 1.82) is 0 Å². The minimum Gasteiger partial charge on any atom is -0.390 e. The number of benzene rings is 1. The van der Waals surface area contributed by atoms with Gasteiger partial charge in [0.2, 0.25) is 0 Å². The summed E-state index contributed by atoms with van der Waals surface area (Å²) in [6.45, 7) is 0. The van der Waals surface area contributed by atoms with Crippen LogP contribution in [0, 0.1) is 10.1 Å². The van der Waals surface area contributed by atoms with Crippen molar-refractivity contribution >= 4 is 27.8 Å². The normalized spacial score (nSPS) is 13.7. The molecule has 5 nitrogen and oxygen atoms in total. The lowest BCUT2D eigenvalue weighted by Crippen LogP contribution is -2.09. The molecule has 6 heteroatoms. The van der Waals surface area contributed by atoms with Crippen LogP contribution in [0.1, 0.15) is 39.2 Å². The molecule has 1 aromatic heterocycles. The number of thiophene rings is 1. The van der Waals surface area contributed by atoms with E-state index in [4.69, 9.17) is 5.73 Å². The highest BCUT2D eigenvalue weighted by Gasteiger charge is 2.25. The lowest BCUT2D eigenvalue weighted by atomic mass is 9.92. The first-order valence-electron chi connectivity index (χ1n) is 6.77. The summed E-state index contributed by atoms with van der Waals surface area (Å²) in [6.07, 6.45) is 4.00. The van der Waals surface area contributed by atoms with Crippen molar-refractivity contribution < 1.29 is 9.72 Å². The number of fused-ring (bicyclic) bond motifs is 1. The largest absolute Gasteiger partial charge is 0.390 e. The molecular weight excluding hydrogens is 288 g/mol. The van der Waals surface area contributed by atoms with Crippen molar-refractivity contribution in [3.63, 3.8) is 0 Å². The van der Waals surface area contributed by atoms with E-state index >= 15 is 0 Å². The minimum atomic E-state index is -0.497. The molecule has 0 unspecified atom stereocenters. The summed E-state index contributed by atoms with van der Waals surface area (Å²) in [7, 11) is 0. The highest BCUT2D eigenvalue weighted by Crippen LogP contribution is 2.37. The van der Waals surface area contributed by atoms with Crippen LogP contribution < -0.4 is 5.73 Å². The second-order valence-corrected chi connectivity index (χ2v) is 6.22. The Hall–Kier alpha value is -2.21. The number of nitro benzene ring substituents is 1. The molecule has 1 aliphatic carbocycles. The van der Waals surface area contributed by atoms with Gasteiger partial charge in [-0.05, 0) is 31.2 Å². The molecule has 2 N–H and O–H groups in total. The van der Waals surface area contributed by atoms with Gasteiger partial charge < -0.3 is 5.73 Å². The van der Waals surface area contributed by atoms with E-state index in [2.05, 4.69) is 0 Å². The number of aryl methyl sites for hydroxylation is 1. The molecule has 3 rings (SSSR count). The number of nitrogens with two attached hydrogens (primary N) is 1. The van der Waals surface area contributed by atoms with Crippen LogP contribution in [-0.4, -0.2) is 10.7 Å². The average Bonchev–Trinajstić information content (AvgIpc) is 2.82. The molecule has 0 bridgehead atoms. The van der Waals surface area contributed by atoms with Gasteiger partial charge >= 0.3 is 0 Å². The van der Waals surface area contributed by atoms with Crippen LogP contribution >= 0.6 is 11.3 Å². The Morgan fingerprint density at radius 1 is 1.29 bits per heavy atom. The van der Waals surface area contributed by atoms with Gasteiger partial charge in [-0.2, -0.15) is 0 Å². The number of hydrogen-bond acceptors (Lipinski definition) is 5. The van der Waals surface area contributed by atoms with E-state index in [1.54, 1.807) is 6.07 Å². The number of anilines is 1. The van der Waals surface area contributed by atoms with Gasteiger partial charge in [0.05, 0.1) is 15.5 Å². The molecule has 1 aromatic carbocycles. The van der Waals surface area contributed by atoms with Gasteiger partial charge in [0.25, 0.3) is 5.69 Å². The molecule has 0 saturated heterocycles. The Morgan fingerprint density at radius 3 is 2.81 bits per heavy atom. The maximum Gasteiger partial charge on any atom is 0.270 e. The molecule has 0 saturated carbocycles. The molecule has 0 spiro atoms. The Balaban J connectivity index is 2.05. The molecule has 0 amide bonds. The summed E-state index contributed by atoms with van der Waals surface area (Å²) in [4.78, 5) is 24.2. The Bertz CT molecular complexity index is 737. The van der Waals surface area contributed by atoms with Gasteiger partial charge in [-0.1, -0.05) is 12.1 Å². The van der Waals surface area contributed by atoms with Crippen molar-refractivity contribution in [3.8, 4) is 0 Å². The fourth-order valence-corrected chi connectivity index (χ4v) is 3.90. The standard InChI is InChI=1S/C15H14N2O3S/c16-15-13(11-6-1-2-7-12(11)21-15)14(18)9-4-3-5-10(8-9)17(19)20/h3-5,8H,1-2,6-7,16H2. The van der Waals surface area contributed by atoms with E-state index in [1.165, 1.54) is 34.4 Å². The molecule has 0 atom stereocenters. The number of carbonyl (C=O) groups excluding carboxylic acids is 1. The Morgan fingerprint density at radius 2 is 2.05 bits per heavy atom. The third kappa shape index (κ3) is 2.42. The number of nitro groups is 1. The van der Waals surface area contributed by atoms with Crippen LogP contribution in [-0.2, 0) is 12.8 Å². The van der Waals surface area contributed by atoms with Crippen molar-refractivity contribution in [1.82, 2.24) is 0 Å². The van der Waals surface area contributed by atoms with E-state index in [-0.39, 0.29) is 11.5 Å². The number of non-ortho nitro benzene ring substituents is 1. The molecule has 1 heterocycles. The van der Waals surface area contributed by atoms with Crippen LogP contribution in [0.2, 0.25) is 0 Å². The first kappa shape index (κ1) is 13.8. The molecule has 108 valence electrons. The third-order valence-electron chi connectivity index (χ3n) is 3.74. The zero-order valence-corrected chi connectivity index (χ0v) is 12.1. The van der Waals surface area contributed by atoms with E-state index in [0.29, 0.717) is 16.1 Å². The van der Waals surface area contributed by atoms with Gasteiger partial charge in [-0.15, -0.1) is 11.3 Å². The van der Waals surface area contributed by atoms with E-state index < -0.39 is 4.92 Å². The van der Waals surface area contributed by atoms with Crippen molar-refractivity contribution in [2.45, 2.75) is 25.7 Å². The molecule has 2 aromatic rings. The Kier molecular flexibility index (Phi) is 3.47. The van der Waals surface area contributed by atoms with Gasteiger partial charge in [0.15, 0.2) is 5.78 Å². The number of nitrogen functional groups attached to an aromatic ring is 1. The summed E-state index contributed by atoms with van der Waals surface area (Å²) >= 11 is 1.47. The van der Waals surface area contributed by atoms with E-state index in [0.717, 1.165) is 31.2 Å². The minimum absolute atomic E-state index is 0.0801. The van der Waals surface area contributed by atoms with Crippen LogP contribution in [0.5, 0.6) is 0 Å². The number of rotatable bonds is 3. The number of hydrogen-bond donors (Lipinski definition) is 1. The number of carbonyl (C=O) groups is 1. The van der Waals surface area contributed by atoms with Crippen LogP contribution in [0.3, 0.4) is 0 Å². The highest BCUT2D eigenvalue weighted by molar-refractivity contribution is 7.16. The summed E-state index contributed by atoms with van der Waals surface area (Å²) in [5.41, 5.74) is 7.86. The maximum absolute atomic E-state index is 12.7. The predicted octanol–water partition coefficient (Wildman–Crippen LogP) is 3.35. The topological polar surface area (TPSA) is 86.2 Å². The highest BCUT2D eigenvalue weighted by atomic mass is 32.1. The van der Waals surface area contributed by atoms with Crippen LogP contribution in [0.4, 0.5) is 10.7 Å². The Labute approximate surface area is 125 Å². The summed E-state index contributed by atoms with van der Waals surface area (Å²) < 4.78 is 0. The van der Waals surface area contributed by atoms with Gasteiger partial charge in [0.1, 0.15) is 0 Å². The molecule has 0 aliphatic heterocycles. The first-order chi connectivity index (χ1) is 10.1. The molecule has 0 radical (unpaired) electrons. The monoisotopic (exact) mass is 302 g/mol. The third-order valence-corrected chi connectivity index (χ3v) is 4.87. The smallest absolute Gasteiger partial charge is 0.270 e. The van der Waals surface area contributed by atoms with Gasteiger partial charge in [-0.3, -0.25) is 14.9 Å². The van der Waals surface area contributed by atoms with Crippen molar-refractivity contribution in [2.24, 2.45) is 0 Å². The summed E-state index contributed by atoms with van der Waals surface area (Å²) in [5.74, 6) is -0.212. The molecular formula is C15H14N2O3S. The fourth-order valence-electron chi connectivity index (χ4n) is 2.74. The van der Waals surface area contributed by atoms with Crippen molar-refractivity contribution in [3.05, 3.63) is 55.9 Å². The fraction of sp³-hybridized carbons (Fsp3) is 0.267. The number of nitrogens with zero attached hydrogens (tertiary/aromatic N) is 1. The predicted molar refractivity (Wildman–Crippen MR) is 81.9 cm³/mol. The summed E-state index contributed by atoms with van der Waals surface area (Å²) in [6, 6.07) is 5.82. The second kappa shape index (κ2) is 5.29. The van der Waals surface area contributed by atoms with Crippen LogP contribution in [0.25, 0.3) is 0 Å². The van der Waals surface area contributed by atoms with E-state index in [9.17, 15) is 14.9 Å². The molecule has 21 heavy (non-hydrogen) atoms. The van der Waals surface area contributed by atoms with Gasteiger partial charge in [-0.25, -0.2) is 0 Å². The lowest BCUT2D eigenvalue weighted by Gasteiger charge is -2.12. The molecule has 0 fully saturated rings. The second-order valence-electron chi connectivity index (χ2n) is 5.09. The zero-order chi connectivity index (χ0) is 15.0. The number of ketones is 1. The van der Waals surface area contributed by atoms with Crippen molar-refractivity contribution in [2.75, 3.05) is 5.73 Å². The first-order valence-corrected chi connectivity index (χ1v) is 7.58. The average molecular weight is 302 g/mol. The SMILES string of the molecule is Nc1sc2c(c1C(=O)c1cccc([N+](=O)[O-])c1)CCCC2.